The summed E-state index contributed by atoms with van der Waals surface area (Å²) in [6, 6.07) is 0.438. The summed E-state index contributed by atoms with van der Waals surface area (Å²) >= 11 is 0. The normalized spacial score (nSPS) is 18.0. The van der Waals surface area contributed by atoms with Crippen molar-refractivity contribution in [3.05, 3.63) is 18.2 Å². The van der Waals surface area contributed by atoms with E-state index in [-0.39, 0.29) is 18.4 Å². The summed E-state index contributed by atoms with van der Waals surface area (Å²) in [6.07, 6.45) is 6.54. The summed E-state index contributed by atoms with van der Waals surface area (Å²) in [6.45, 7) is 3.92. The van der Waals surface area contributed by atoms with Crippen molar-refractivity contribution in [2.75, 3.05) is 33.8 Å². The molecule has 0 saturated carbocycles. The Morgan fingerprint density at radius 3 is 2.92 bits per heavy atom. The van der Waals surface area contributed by atoms with Crippen LogP contribution in [0.25, 0.3) is 0 Å². The SMILES string of the molecule is CCOC(=O)Cn1ccnc1CCC(=O)N1CCCC(N(C)C)C1. The molecule has 1 fully saturated rings. The molecule has 1 aliphatic rings. The van der Waals surface area contributed by atoms with E-state index in [0.29, 0.717) is 25.5 Å². The van der Waals surface area contributed by atoms with Crippen molar-refractivity contribution in [1.82, 2.24) is 19.4 Å². The Balaban J connectivity index is 1.86. The molecule has 7 nitrogen and oxygen atoms in total. The van der Waals surface area contributed by atoms with Gasteiger partial charge >= 0.3 is 5.97 Å². The summed E-state index contributed by atoms with van der Waals surface area (Å²) in [4.78, 5) is 32.5. The first-order chi connectivity index (χ1) is 11.5. The maximum Gasteiger partial charge on any atom is 0.325 e. The molecule has 2 heterocycles. The van der Waals surface area contributed by atoms with E-state index in [4.69, 9.17) is 4.74 Å². The van der Waals surface area contributed by atoms with Crippen LogP contribution >= 0.6 is 0 Å². The summed E-state index contributed by atoms with van der Waals surface area (Å²) in [5.41, 5.74) is 0. The van der Waals surface area contributed by atoms with Gasteiger partial charge in [-0.3, -0.25) is 9.59 Å². The van der Waals surface area contributed by atoms with Crippen molar-refractivity contribution < 1.29 is 14.3 Å². The molecule has 2 rings (SSSR count). The van der Waals surface area contributed by atoms with Crippen LogP contribution < -0.4 is 0 Å². The van der Waals surface area contributed by atoms with Crippen LogP contribution in [0.4, 0.5) is 0 Å². The predicted octanol–water partition coefficient (Wildman–Crippen LogP) is 0.931. The molecule has 24 heavy (non-hydrogen) atoms. The van der Waals surface area contributed by atoms with E-state index in [1.54, 1.807) is 23.9 Å². The number of piperidine rings is 1. The number of imidazole rings is 1. The average molecular weight is 336 g/mol. The molecule has 7 heteroatoms. The van der Waals surface area contributed by atoms with Gasteiger partial charge in [-0.1, -0.05) is 0 Å². The Kier molecular flexibility index (Phi) is 6.78. The van der Waals surface area contributed by atoms with Gasteiger partial charge in [-0.2, -0.15) is 0 Å². The van der Waals surface area contributed by atoms with Gasteiger partial charge in [0.05, 0.1) is 6.61 Å². The van der Waals surface area contributed by atoms with Gasteiger partial charge in [0.15, 0.2) is 0 Å². The van der Waals surface area contributed by atoms with Crippen molar-refractivity contribution in [1.29, 1.82) is 0 Å². The van der Waals surface area contributed by atoms with Crippen LogP contribution in [0, 0.1) is 0 Å². The number of carbonyl (C=O) groups excluding carboxylic acids is 2. The van der Waals surface area contributed by atoms with E-state index in [2.05, 4.69) is 24.0 Å². The van der Waals surface area contributed by atoms with E-state index in [1.165, 1.54) is 0 Å². The molecule has 0 spiro atoms. The number of amides is 1. The number of aromatic nitrogens is 2. The molecule has 1 saturated heterocycles. The Bertz CT molecular complexity index is 556. The minimum absolute atomic E-state index is 0.143. The van der Waals surface area contributed by atoms with Crippen molar-refractivity contribution in [2.45, 2.75) is 45.2 Å². The predicted molar refractivity (Wildman–Crippen MR) is 90.5 cm³/mol. The smallest absolute Gasteiger partial charge is 0.325 e. The minimum Gasteiger partial charge on any atom is -0.465 e. The number of ether oxygens (including phenoxy) is 1. The van der Waals surface area contributed by atoms with Crippen molar-refractivity contribution in [3.63, 3.8) is 0 Å². The van der Waals surface area contributed by atoms with E-state index >= 15 is 0 Å². The number of esters is 1. The highest BCUT2D eigenvalue weighted by atomic mass is 16.5. The lowest BCUT2D eigenvalue weighted by atomic mass is 10.0. The van der Waals surface area contributed by atoms with E-state index in [0.717, 1.165) is 31.8 Å². The second-order valence-corrected chi connectivity index (χ2v) is 6.38. The fraction of sp³-hybridized carbons (Fsp3) is 0.706. The van der Waals surface area contributed by atoms with Gasteiger partial charge in [0.1, 0.15) is 12.4 Å². The maximum absolute atomic E-state index is 12.5. The van der Waals surface area contributed by atoms with Crippen molar-refractivity contribution in [2.24, 2.45) is 0 Å². The summed E-state index contributed by atoms with van der Waals surface area (Å²) in [5, 5.41) is 0. The topological polar surface area (TPSA) is 67.7 Å². The van der Waals surface area contributed by atoms with Gasteiger partial charge < -0.3 is 19.1 Å². The Hall–Kier alpha value is -1.89. The first-order valence-corrected chi connectivity index (χ1v) is 8.61. The molecule has 1 unspecified atom stereocenters. The first kappa shape index (κ1) is 18.4. The largest absolute Gasteiger partial charge is 0.465 e. The lowest BCUT2D eigenvalue weighted by Gasteiger charge is -2.36. The number of nitrogens with zero attached hydrogens (tertiary/aromatic N) is 4. The summed E-state index contributed by atoms with van der Waals surface area (Å²) in [7, 11) is 4.12. The van der Waals surface area contributed by atoms with Gasteiger partial charge in [0.2, 0.25) is 5.91 Å². The average Bonchev–Trinajstić information content (AvgIpc) is 3.00. The van der Waals surface area contributed by atoms with Crippen LogP contribution in [0.15, 0.2) is 12.4 Å². The number of likely N-dealkylation sites (tertiary alicyclic amines) is 1. The Labute approximate surface area is 143 Å². The first-order valence-electron chi connectivity index (χ1n) is 8.61. The van der Waals surface area contributed by atoms with E-state index in [9.17, 15) is 9.59 Å². The highest BCUT2D eigenvalue weighted by Crippen LogP contribution is 2.15. The molecular formula is C17H28N4O3. The zero-order valence-electron chi connectivity index (χ0n) is 14.9. The van der Waals surface area contributed by atoms with Gasteiger partial charge in [0, 0.05) is 44.4 Å². The summed E-state index contributed by atoms with van der Waals surface area (Å²) in [5.74, 6) is 0.623. The van der Waals surface area contributed by atoms with Crippen LogP contribution in [0.5, 0.6) is 0 Å². The molecule has 0 aromatic carbocycles. The number of likely N-dealkylation sites (N-methyl/N-ethyl adjacent to an activating group) is 1. The Morgan fingerprint density at radius 2 is 2.21 bits per heavy atom. The number of hydrogen-bond donors (Lipinski definition) is 0. The monoisotopic (exact) mass is 336 g/mol. The summed E-state index contributed by atoms with van der Waals surface area (Å²) < 4.78 is 6.71. The third kappa shape index (κ3) is 5.06. The van der Waals surface area contributed by atoms with Crippen LogP contribution in [0.1, 0.15) is 32.0 Å². The number of carbonyl (C=O) groups is 2. The van der Waals surface area contributed by atoms with Crippen molar-refractivity contribution >= 4 is 11.9 Å². The zero-order valence-corrected chi connectivity index (χ0v) is 14.9. The standard InChI is InChI=1S/C17H28N4O3/c1-4-24-17(23)13-20-11-9-18-15(20)7-8-16(22)21-10-5-6-14(12-21)19(2)3/h9,11,14H,4-8,10,12-13H2,1-3H3. The molecule has 0 N–H and O–H groups in total. The van der Waals surface area contributed by atoms with Gasteiger partial charge in [-0.25, -0.2) is 4.98 Å². The molecule has 1 atom stereocenters. The van der Waals surface area contributed by atoms with E-state index < -0.39 is 0 Å². The third-order valence-corrected chi connectivity index (χ3v) is 4.45. The molecule has 0 radical (unpaired) electrons. The van der Waals surface area contributed by atoms with Gasteiger partial charge in [-0.05, 0) is 33.9 Å². The molecule has 0 bridgehead atoms. The highest BCUT2D eigenvalue weighted by Gasteiger charge is 2.24. The fourth-order valence-electron chi connectivity index (χ4n) is 3.04. The highest BCUT2D eigenvalue weighted by molar-refractivity contribution is 5.76. The number of hydrogen-bond acceptors (Lipinski definition) is 5. The van der Waals surface area contributed by atoms with Crippen LogP contribution in [-0.4, -0.2) is 71.1 Å². The lowest BCUT2D eigenvalue weighted by molar-refractivity contribution is -0.143. The molecule has 0 aliphatic carbocycles. The third-order valence-electron chi connectivity index (χ3n) is 4.45. The maximum atomic E-state index is 12.5. The molecule has 1 aliphatic heterocycles. The molecular weight excluding hydrogens is 308 g/mol. The molecule has 1 amide bonds. The fourth-order valence-corrected chi connectivity index (χ4v) is 3.04. The van der Waals surface area contributed by atoms with Crippen molar-refractivity contribution in [3.8, 4) is 0 Å². The van der Waals surface area contributed by atoms with Gasteiger partial charge in [0.25, 0.3) is 0 Å². The quantitative estimate of drug-likeness (QED) is 0.693. The molecule has 134 valence electrons. The van der Waals surface area contributed by atoms with Crippen LogP contribution in [0.2, 0.25) is 0 Å². The molecule has 1 aromatic heterocycles. The Morgan fingerprint density at radius 1 is 1.42 bits per heavy atom. The van der Waals surface area contributed by atoms with E-state index in [1.807, 2.05) is 4.90 Å². The second-order valence-electron chi connectivity index (χ2n) is 6.38. The number of rotatable bonds is 7. The van der Waals surface area contributed by atoms with Crippen LogP contribution in [0.3, 0.4) is 0 Å². The van der Waals surface area contributed by atoms with Crippen LogP contribution in [-0.2, 0) is 27.3 Å². The molecule has 1 aromatic rings. The number of aryl methyl sites for hydroxylation is 1. The minimum atomic E-state index is -0.284. The lowest BCUT2D eigenvalue weighted by Crippen LogP contribution is -2.47. The second kappa shape index (κ2) is 8.82. The van der Waals surface area contributed by atoms with Gasteiger partial charge in [-0.15, -0.1) is 0 Å². The zero-order chi connectivity index (χ0) is 17.5.